The standard InChI is InChI=1S/C21H22F2N4O3/c22-14-4-1-5-15(23)18(14)26-20(28)16-11-13-3-2-8-25-19(13)27(16)21(29)17(24)12-6-9-30-10-7-12/h1-5,8,12,16-17H,6-7,9-11,24H2,(H,26,28). The van der Waals surface area contributed by atoms with Crippen LogP contribution in [0.2, 0.25) is 0 Å². The van der Waals surface area contributed by atoms with Gasteiger partial charge >= 0.3 is 0 Å². The van der Waals surface area contributed by atoms with E-state index >= 15 is 0 Å². The highest BCUT2D eigenvalue weighted by atomic mass is 19.1. The van der Waals surface area contributed by atoms with Gasteiger partial charge in [0.25, 0.3) is 0 Å². The molecule has 1 aromatic heterocycles. The Morgan fingerprint density at radius 1 is 1.17 bits per heavy atom. The Morgan fingerprint density at radius 2 is 1.87 bits per heavy atom. The first kappa shape index (κ1) is 20.4. The molecule has 3 heterocycles. The average Bonchev–Trinajstić information content (AvgIpc) is 3.15. The number of nitrogens with one attached hydrogen (secondary N) is 1. The molecule has 2 amide bonds. The minimum atomic E-state index is -1.01. The first-order chi connectivity index (χ1) is 14.5. The van der Waals surface area contributed by atoms with Gasteiger partial charge in [0.2, 0.25) is 11.8 Å². The number of para-hydroxylation sites is 1. The van der Waals surface area contributed by atoms with Gasteiger partial charge < -0.3 is 15.8 Å². The SMILES string of the molecule is NC(C(=O)N1c2ncccc2CC1C(=O)Nc1c(F)cccc1F)C1CCOCC1. The van der Waals surface area contributed by atoms with Crippen molar-refractivity contribution in [2.75, 3.05) is 23.4 Å². The number of anilines is 2. The molecule has 3 N–H and O–H groups in total. The normalized spacial score (nSPS) is 20.0. The van der Waals surface area contributed by atoms with Crippen LogP contribution in [0.3, 0.4) is 0 Å². The van der Waals surface area contributed by atoms with Crippen molar-refractivity contribution in [1.82, 2.24) is 4.98 Å². The summed E-state index contributed by atoms with van der Waals surface area (Å²) in [7, 11) is 0. The lowest BCUT2D eigenvalue weighted by Crippen LogP contribution is -2.54. The number of benzene rings is 1. The Balaban J connectivity index is 1.61. The Labute approximate surface area is 172 Å². The second kappa shape index (κ2) is 8.45. The summed E-state index contributed by atoms with van der Waals surface area (Å²) in [4.78, 5) is 31.8. The van der Waals surface area contributed by atoms with Crippen molar-refractivity contribution in [3.05, 3.63) is 53.7 Å². The van der Waals surface area contributed by atoms with E-state index in [9.17, 15) is 18.4 Å². The predicted octanol–water partition coefficient (Wildman–Crippen LogP) is 2.01. The first-order valence-electron chi connectivity index (χ1n) is 9.82. The molecule has 0 saturated carbocycles. The number of hydrogen-bond acceptors (Lipinski definition) is 5. The maximum absolute atomic E-state index is 14.0. The van der Waals surface area contributed by atoms with Gasteiger partial charge in [-0.2, -0.15) is 0 Å². The Kier molecular flexibility index (Phi) is 5.74. The molecular formula is C21H22F2N4O3. The lowest BCUT2D eigenvalue weighted by molar-refractivity contribution is -0.125. The third kappa shape index (κ3) is 3.78. The summed E-state index contributed by atoms with van der Waals surface area (Å²) in [6.07, 6.45) is 2.99. The van der Waals surface area contributed by atoms with Crippen molar-refractivity contribution in [2.24, 2.45) is 11.7 Å². The van der Waals surface area contributed by atoms with E-state index in [4.69, 9.17) is 10.5 Å². The van der Waals surface area contributed by atoms with E-state index < -0.39 is 41.2 Å². The fourth-order valence-corrected chi connectivity index (χ4v) is 3.98. The topological polar surface area (TPSA) is 97.6 Å². The maximum atomic E-state index is 14.0. The highest BCUT2D eigenvalue weighted by Gasteiger charge is 2.43. The molecule has 2 unspecified atom stereocenters. The number of fused-ring (bicyclic) bond motifs is 1. The second-order valence-electron chi connectivity index (χ2n) is 7.48. The van der Waals surface area contributed by atoms with Crippen molar-refractivity contribution in [3.8, 4) is 0 Å². The number of halogens is 2. The number of nitrogens with zero attached hydrogens (tertiary/aromatic N) is 2. The van der Waals surface area contributed by atoms with Gasteiger partial charge in [-0.25, -0.2) is 13.8 Å². The zero-order valence-corrected chi connectivity index (χ0v) is 16.2. The number of hydrogen-bond donors (Lipinski definition) is 2. The van der Waals surface area contributed by atoms with Gasteiger partial charge in [-0.05, 0) is 42.5 Å². The van der Waals surface area contributed by atoms with Crippen LogP contribution >= 0.6 is 0 Å². The number of carbonyl (C=O) groups is 2. The van der Waals surface area contributed by atoms with Crippen molar-refractivity contribution in [2.45, 2.75) is 31.3 Å². The minimum Gasteiger partial charge on any atom is -0.381 e. The van der Waals surface area contributed by atoms with Gasteiger partial charge in [-0.15, -0.1) is 0 Å². The number of pyridine rings is 1. The third-order valence-corrected chi connectivity index (χ3v) is 5.63. The molecule has 0 bridgehead atoms. The van der Waals surface area contributed by atoms with Crippen molar-refractivity contribution in [3.63, 3.8) is 0 Å². The highest BCUT2D eigenvalue weighted by Crippen LogP contribution is 2.33. The van der Waals surface area contributed by atoms with Crippen LogP contribution in [0, 0.1) is 17.6 Å². The molecular weight excluding hydrogens is 394 g/mol. The van der Waals surface area contributed by atoms with Crippen LogP contribution in [0.5, 0.6) is 0 Å². The zero-order valence-electron chi connectivity index (χ0n) is 16.2. The van der Waals surface area contributed by atoms with Crippen molar-refractivity contribution < 1.29 is 23.1 Å². The molecule has 0 aliphatic carbocycles. The maximum Gasteiger partial charge on any atom is 0.248 e. The van der Waals surface area contributed by atoms with Gasteiger partial charge in [0, 0.05) is 25.8 Å². The highest BCUT2D eigenvalue weighted by molar-refractivity contribution is 6.08. The largest absolute Gasteiger partial charge is 0.381 e. The summed E-state index contributed by atoms with van der Waals surface area (Å²) < 4.78 is 33.3. The summed E-state index contributed by atoms with van der Waals surface area (Å²) >= 11 is 0. The molecule has 30 heavy (non-hydrogen) atoms. The Morgan fingerprint density at radius 3 is 2.57 bits per heavy atom. The number of carbonyl (C=O) groups excluding carboxylic acids is 2. The zero-order chi connectivity index (χ0) is 21.3. The molecule has 2 aliphatic heterocycles. The van der Waals surface area contributed by atoms with Crippen LogP contribution in [0.1, 0.15) is 18.4 Å². The molecule has 0 spiro atoms. The first-order valence-corrected chi connectivity index (χ1v) is 9.82. The number of nitrogens with two attached hydrogens (primary N) is 1. The van der Waals surface area contributed by atoms with Crippen LogP contribution in [-0.2, 0) is 20.7 Å². The molecule has 1 aromatic carbocycles. The van der Waals surface area contributed by atoms with Gasteiger partial charge in [0.05, 0.1) is 6.04 Å². The van der Waals surface area contributed by atoms with Crippen LogP contribution in [-0.4, -0.2) is 42.1 Å². The molecule has 0 radical (unpaired) electrons. The smallest absolute Gasteiger partial charge is 0.248 e. The fourth-order valence-electron chi connectivity index (χ4n) is 3.98. The van der Waals surface area contributed by atoms with Crippen LogP contribution in [0.15, 0.2) is 36.5 Å². The van der Waals surface area contributed by atoms with E-state index in [-0.39, 0.29) is 12.3 Å². The van der Waals surface area contributed by atoms with Gasteiger partial charge in [0.15, 0.2) is 0 Å². The molecule has 1 saturated heterocycles. The van der Waals surface area contributed by atoms with Gasteiger partial charge in [-0.1, -0.05) is 12.1 Å². The summed E-state index contributed by atoms with van der Waals surface area (Å²) in [5.41, 5.74) is 6.41. The lowest BCUT2D eigenvalue weighted by atomic mass is 9.91. The van der Waals surface area contributed by atoms with Crippen molar-refractivity contribution >= 4 is 23.3 Å². The lowest BCUT2D eigenvalue weighted by Gasteiger charge is -2.32. The molecule has 2 aliphatic rings. The van der Waals surface area contributed by atoms with Crippen molar-refractivity contribution in [1.29, 1.82) is 0 Å². The average molecular weight is 416 g/mol. The quantitative estimate of drug-likeness (QED) is 0.795. The summed E-state index contributed by atoms with van der Waals surface area (Å²) in [5, 5.41) is 2.29. The Bertz CT molecular complexity index is 945. The predicted molar refractivity (Wildman–Crippen MR) is 106 cm³/mol. The fraction of sp³-hybridized carbons (Fsp3) is 0.381. The number of rotatable bonds is 4. The second-order valence-corrected chi connectivity index (χ2v) is 7.48. The molecule has 2 aromatic rings. The third-order valence-electron chi connectivity index (χ3n) is 5.63. The van der Waals surface area contributed by atoms with E-state index in [2.05, 4.69) is 10.3 Å². The number of aromatic nitrogens is 1. The van der Waals surface area contributed by atoms with Crippen LogP contribution < -0.4 is 16.0 Å². The molecule has 7 nitrogen and oxygen atoms in total. The Hall–Kier alpha value is -2.91. The molecule has 2 atom stereocenters. The number of amides is 2. The van der Waals surface area contributed by atoms with Gasteiger partial charge in [0.1, 0.15) is 29.2 Å². The van der Waals surface area contributed by atoms with E-state index in [1.807, 2.05) is 0 Å². The van der Waals surface area contributed by atoms with E-state index in [0.29, 0.717) is 37.4 Å². The monoisotopic (exact) mass is 416 g/mol. The number of ether oxygens (including phenoxy) is 1. The summed E-state index contributed by atoms with van der Waals surface area (Å²) in [5.74, 6) is -2.66. The summed E-state index contributed by atoms with van der Waals surface area (Å²) in [6.45, 7) is 1.05. The molecule has 1 fully saturated rings. The molecule has 9 heteroatoms. The summed E-state index contributed by atoms with van der Waals surface area (Å²) in [6, 6.07) is 4.94. The van der Waals surface area contributed by atoms with E-state index in [0.717, 1.165) is 12.1 Å². The van der Waals surface area contributed by atoms with E-state index in [1.54, 1.807) is 12.1 Å². The van der Waals surface area contributed by atoms with E-state index in [1.165, 1.54) is 17.2 Å². The molecule has 4 rings (SSSR count). The van der Waals surface area contributed by atoms with Gasteiger partial charge in [-0.3, -0.25) is 14.5 Å². The van der Waals surface area contributed by atoms with Crippen LogP contribution in [0.4, 0.5) is 20.3 Å². The van der Waals surface area contributed by atoms with Crippen LogP contribution in [0.25, 0.3) is 0 Å². The molecule has 158 valence electrons. The minimum absolute atomic E-state index is 0.0771.